The van der Waals surface area contributed by atoms with E-state index in [0.29, 0.717) is 31.7 Å². The number of hydrogen-bond acceptors (Lipinski definition) is 5. The summed E-state index contributed by atoms with van der Waals surface area (Å²) in [6, 6.07) is 6.10. The molecular weight excluding hydrogens is 366 g/mol. The summed E-state index contributed by atoms with van der Waals surface area (Å²) in [4.78, 5) is 31.3. The average Bonchev–Trinajstić information content (AvgIpc) is 2.96. The van der Waals surface area contributed by atoms with E-state index in [1.807, 2.05) is 19.1 Å². The molecule has 2 heterocycles. The molecule has 2 amide bonds. The lowest BCUT2D eigenvalue weighted by Gasteiger charge is -2.32. The molecule has 2 fully saturated rings. The summed E-state index contributed by atoms with van der Waals surface area (Å²) in [5.74, 6) is 0.421. The first kappa shape index (κ1) is 21.3. The molecule has 1 saturated carbocycles. The Hall–Kier alpha value is -2.46. The molecule has 0 spiro atoms. The molecule has 0 bridgehead atoms. The van der Waals surface area contributed by atoms with Crippen LogP contribution in [0, 0.1) is 24.2 Å². The van der Waals surface area contributed by atoms with Gasteiger partial charge in [0, 0.05) is 12.1 Å². The zero-order chi connectivity index (χ0) is 20.7. The molecule has 1 aromatic rings. The van der Waals surface area contributed by atoms with Gasteiger partial charge in [0.15, 0.2) is 0 Å². The minimum Gasteiger partial charge on any atom is -0.337 e. The molecule has 1 saturated heterocycles. The van der Waals surface area contributed by atoms with E-state index in [-0.39, 0.29) is 24.3 Å². The van der Waals surface area contributed by atoms with E-state index in [9.17, 15) is 14.9 Å². The summed E-state index contributed by atoms with van der Waals surface area (Å²) in [7, 11) is 0. The summed E-state index contributed by atoms with van der Waals surface area (Å²) < 4.78 is 0. The molecule has 2 N–H and O–H groups in total. The van der Waals surface area contributed by atoms with Crippen LogP contribution < -0.4 is 10.6 Å². The van der Waals surface area contributed by atoms with Crippen molar-refractivity contribution in [3.8, 4) is 6.07 Å². The maximum absolute atomic E-state index is 12.5. The van der Waals surface area contributed by atoms with Gasteiger partial charge in [-0.1, -0.05) is 31.7 Å². The Morgan fingerprint density at radius 1 is 1.21 bits per heavy atom. The summed E-state index contributed by atoms with van der Waals surface area (Å²) in [6.07, 6.45) is 8.89. The highest BCUT2D eigenvalue weighted by atomic mass is 16.2. The van der Waals surface area contributed by atoms with Crippen molar-refractivity contribution in [2.24, 2.45) is 5.92 Å². The second kappa shape index (κ2) is 9.84. The minimum absolute atomic E-state index is 0.00709. The summed E-state index contributed by atoms with van der Waals surface area (Å²) >= 11 is 0. The van der Waals surface area contributed by atoms with E-state index in [1.165, 1.54) is 0 Å². The third kappa shape index (κ3) is 6.01. The molecule has 2 aliphatic rings. The number of aryl methyl sites for hydroxylation is 1. The molecule has 0 unspecified atom stereocenters. The van der Waals surface area contributed by atoms with Crippen LogP contribution in [0.4, 0.5) is 5.82 Å². The van der Waals surface area contributed by atoms with Gasteiger partial charge < -0.3 is 10.6 Å². The van der Waals surface area contributed by atoms with Crippen molar-refractivity contribution in [2.45, 2.75) is 63.8 Å². The Balaban J connectivity index is 1.44. The molecule has 7 heteroatoms. The Bertz CT molecular complexity index is 739. The molecule has 3 rings (SSSR count). The largest absolute Gasteiger partial charge is 0.337 e. The zero-order valence-electron chi connectivity index (χ0n) is 17.2. The van der Waals surface area contributed by atoms with Crippen LogP contribution in [0.1, 0.15) is 56.9 Å². The quantitative estimate of drug-likeness (QED) is 0.745. The van der Waals surface area contributed by atoms with Gasteiger partial charge >= 0.3 is 0 Å². The first-order valence-electron chi connectivity index (χ1n) is 10.7. The summed E-state index contributed by atoms with van der Waals surface area (Å²) in [5.41, 5.74) is 0.351. The van der Waals surface area contributed by atoms with Gasteiger partial charge in [-0.15, -0.1) is 0 Å². The predicted octanol–water partition coefficient (Wildman–Crippen LogP) is 2.77. The van der Waals surface area contributed by atoms with Crippen molar-refractivity contribution in [2.75, 3.05) is 25.0 Å². The number of rotatable bonds is 5. The van der Waals surface area contributed by atoms with E-state index in [4.69, 9.17) is 0 Å². The van der Waals surface area contributed by atoms with Crippen LogP contribution in [0.3, 0.4) is 0 Å². The molecule has 1 aliphatic carbocycles. The number of amides is 2. The molecular formula is C22H31N5O2. The number of carbonyl (C=O) groups is 2. The van der Waals surface area contributed by atoms with Crippen molar-refractivity contribution in [3.63, 3.8) is 0 Å². The Kier molecular flexibility index (Phi) is 7.21. The maximum Gasteiger partial charge on any atom is 0.235 e. The van der Waals surface area contributed by atoms with Gasteiger partial charge in [-0.25, -0.2) is 4.98 Å². The fourth-order valence-electron chi connectivity index (χ4n) is 4.23. The molecule has 29 heavy (non-hydrogen) atoms. The lowest BCUT2D eigenvalue weighted by Crippen LogP contribution is -2.51. The van der Waals surface area contributed by atoms with Crippen molar-refractivity contribution < 1.29 is 9.59 Å². The lowest BCUT2D eigenvalue weighted by atomic mass is 9.91. The van der Waals surface area contributed by atoms with Crippen molar-refractivity contribution in [1.29, 1.82) is 5.26 Å². The first-order chi connectivity index (χ1) is 14.0. The summed E-state index contributed by atoms with van der Waals surface area (Å²) in [5, 5.41) is 15.5. The first-order valence-corrected chi connectivity index (χ1v) is 10.7. The number of piperidine rings is 1. The maximum atomic E-state index is 12.5. The van der Waals surface area contributed by atoms with Crippen LogP contribution in [-0.2, 0) is 9.59 Å². The molecule has 1 aliphatic heterocycles. The van der Waals surface area contributed by atoms with Crippen LogP contribution in [0.2, 0.25) is 0 Å². The Morgan fingerprint density at radius 3 is 2.48 bits per heavy atom. The number of nitrogens with one attached hydrogen (secondary N) is 2. The molecule has 0 atom stereocenters. The molecule has 0 aromatic carbocycles. The van der Waals surface area contributed by atoms with Crippen molar-refractivity contribution >= 4 is 17.6 Å². The summed E-state index contributed by atoms with van der Waals surface area (Å²) in [6.45, 7) is 3.65. The predicted molar refractivity (Wildman–Crippen MR) is 111 cm³/mol. The van der Waals surface area contributed by atoms with Crippen molar-refractivity contribution in [1.82, 2.24) is 15.2 Å². The average molecular weight is 398 g/mol. The van der Waals surface area contributed by atoms with Gasteiger partial charge in [-0.3, -0.25) is 14.5 Å². The van der Waals surface area contributed by atoms with Crippen LogP contribution in [-0.4, -0.2) is 46.9 Å². The van der Waals surface area contributed by atoms with E-state index in [0.717, 1.165) is 44.1 Å². The van der Waals surface area contributed by atoms with Gasteiger partial charge in [0.1, 0.15) is 11.4 Å². The van der Waals surface area contributed by atoms with Crippen LogP contribution in [0.25, 0.3) is 0 Å². The van der Waals surface area contributed by atoms with E-state index in [1.54, 1.807) is 6.20 Å². The monoisotopic (exact) mass is 397 g/mol. The Morgan fingerprint density at radius 2 is 1.90 bits per heavy atom. The zero-order valence-corrected chi connectivity index (χ0v) is 17.2. The van der Waals surface area contributed by atoms with E-state index < -0.39 is 5.54 Å². The number of nitriles is 1. The van der Waals surface area contributed by atoms with Crippen LogP contribution >= 0.6 is 0 Å². The normalized spacial score (nSPS) is 20.3. The third-order valence-electron chi connectivity index (χ3n) is 6.04. The molecule has 7 nitrogen and oxygen atoms in total. The topological polar surface area (TPSA) is 98.1 Å². The van der Waals surface area contributed by atoms with Gasteiger partial charge in [0.05, 0.1) is 12.6 Å². The number of aromatic nitrogens is 1. The van der Waals surface area contributed by atoms with Gasteiger partial charge in [-0.05, 0) is 57.3 Å². The standard InChI is InChI=1S/C22H31N5O2/c1-17-6-7-19(24-14-17)25-21(29)18-8-12-27(13-9-18)15-20(28)26-22(16-23)10-4-2-3-5-11-22/h6-7,14,18H,2-5,8-13,15H2,1H3,(H,26,28)(H,24,25,29). The van der Waals surface area contributed by atoms with Crippen LogP contribution in [0.5, 0.6) is 0 Å². The fraction of sp³-hybridized carbons (Fsp3) is 0.636. The van der Waals surface area contributed by atoms with Crippen molar-refractivity contribution in [3.05, 3.63) is 23.9 Å². The molecule has 156 valence electrons. The van der Waals surface area contributed by atoms with Gasteiger partial charge in [-0.2, -0.15) is 5.26 Å². The number of nitrogens with zero attached hydrogens (tertiary/aromatic N) is 3. The SMILES string of the molecule is Cc1ccc(NC(=O)C2CCN(CC(=O)NC3(C#N)CCCCCC3)CC2)nc1. The second-order valence-electron chi connectivity index (χ2n) is 8.42. The molecule has 1 aromatic heterocycles. The number of pyridine rings is 1. The van der Waals surface area contributed by atoms with Crippen LogP contribution in [0.15, 0.2) is 18.3 Å². The number of hydrogen-bond donors (Lipinski definition) is 2. The number of anilines is 1. The minimum atomic E-state index is -0.702. The Labute approximate surface area is 172 Å². The smallest absolute Gasteiger partial charge is 0.235 e. The van der Waals surface area contributed by atoms with E-state index in [2.05, 4.69) is 26.6 Å². The number of carbonyl (C=O) groups excluding carboxylic acids is 2. The van der Waals surface area contributed by atoms with Gasteiger partial charge in [0.2, 0.25) is 11.8 Å². The highest BCUT2D eigenvalue weighted by molar-refractivity contribution is 5.91. The number of likely N-dealkylation sites (tertiary alicyclic amines) is 1. The van der Waals surface area contributed by atoms with E-state index >= 15 is 0 Å². The molecule has 0 radical (unpaired) electrons. The highest BCUT2D eigenvalue weighted by Crippen LogP contribution is 2.26. The van der Waals surface area contributed by atoms with Gasteiger partial charge in [0.25, 0.3) is 0 Å². The fourth-order valence-corrected chi connectivity index (χ4v) is 4.23. The highest BCUT2D eigenvalue weighted by Gasteiger charge is 2.33. The lowest BCUT2D eigenvalue weighted by molar-refractivity contribution is -0.124. The third-order valence-corrected chi connectivity index (χ3v) is 6.04. The second-order valence-corrected chi connectivity index (χ2v) is 8.42.